The van der Waals surface area contributed by atoms with Crippen LogP contribution in [0.2, 0.25) is 0 Å². The Kier molecular flexibility index (Phi) is 2.62. The summed E-state index contributed by atoms with van der Waals surface area (Å²) in [6, 6.07) is 11.6. The van der Waals surface area contributed by atoms with E-state index >= 15 is 0 Å². The fourth-order valence-corrected chi connectivity index (χ4v) is 1.89. The summed E-state index contributed by atoms with van der Waals surface area (Å²) in [5.74, 6) is 0. The second kappa shape index (κ2) is 3.90. The molecule has 0 spiro atoms. The van der Waals surface area contributed by atoms with Gasteiger partial charge >= 0.3 is 0 Å². The van der Waals surface area contributed by atoms with E-state index in [2.05, 4.69) is 47.9 Å². The lowest BCUT2D eigenvalue weighted by atomic mass is 9.99. The maximum Gasteiger partial charge on any atom is 0.0473 e. The van der Waals surface area contributed by atoms with Crippen LogP contribution in [0.25, 0.3) is 0 Å². The SMILES string of the molecule is C[C@@H]1NCCN[C@@H]1c1ccccc1. The normalized spacial score (nSPS) is 28.7. The molecule has 0 bridgehead atoms. The van der Waals surface area contributed by atoms with Crippen LogP contribution >= 0.6 is 0 Å². The summed E-state index contributed by atoms with van der Waals surface area (Å²) in [5.41, 5.74) is 1.38. The van der Waals surface area contributed by atoms with E-state index in [0.29, 0.717) is 12.1 Å². The van der Waals surface area contributed by atoms with Gasteiger partial charge in [0.15, 0.2) is 0 Å². The Labute approximate surface area is 79.4 Å². The first-order chi connectivity index (χ1) is 6.38. The Morgan fingerprint density at radius 3 is 2.46 bits per heavy atom. The van der Waals surface area contributed by atoms with Crippen molar-refractivity contribution in [1.29, 1.82) is 0 Å². The van der Waals surface area contributed by atoms with Gasteiger partial charge in [0.1, 0.15) is 0 Å². The molecule has 1 saturated heterocycles. The molecule has 1 aliphatic heterocycles. The molecule has 1 aliphatic rings. The molecule has 0 aliphatic carbocycles. The first-order valence-electron chi connectivity index (χ1n) is 4.89. The van der Waals surface area contributed by atoms with E-state index in [9.17, 15) is 0 Å². The molecule has 0 radical (unpaired) electrons. The quantitative estimate of drug-likeness (QED) is 0.674. The van der Waals surface area contributed by atoms with Gasteiger partial charge in [0.2, 0.25) is 0 Å². The minimum absolute atomic E-state index is 0.468. The summed E-state index contributed by atoms with van der Waals surface area (Å²) >= 11 is 0. The zero-order chi connectivity index (χ0) is 9.10. The lowest BCUT2D eigenvalue weighted by Gasteiger charge is -2.31. The minimum Gasteiger partial charge on any atom is -0.311 e. The van der Waals surface area contributed by atoms with Gasteiger partial charge < -0.3 is 10.6 Å². The van der Waals surface area contributed by atoms with E-state index < -0.39 is 0 Å². The molecule has 2 nitrogen and oxygen atoms in total. The lowest BCUT2D eigenvalue weighted by Crippen LogP contribution is -2.48. The molecule has 2 atom stereocenters. The largest absolute Gasteiger partial charge is 0.311 e. The summed E-state index contributed by atoms with van der Waals surface area (Å²) in [6.07, 6.45) is 0. The van der Waals surface area contributed by atoms with Crippen LogP contribution in [0.15, 0.2) is 30.3 Å². The van der Waals surface area contributed by atoms with Crippen molar-refractivity contribution < 1.29 is 0 Å². The highest BCUT2D eigenvalue weighted by Gasteiger charge is 2.20. The Hall–Kier alpha value is -0.860. The number of hydrogen-bond donors (Lipinski definition) is 2. The van der Waals surface area contributed by atoms with Gasteiger partial charge in [-0.05, 0) is 12.5 Å². The molecule has 1 aromatic rings. The number of piperazine rings is 1. The van der Waals surface area contributed by atoms with Crippen molar-refractivity contribution in [1.82, 2.24) is 10.6 Å². The molecule has 1 aromatic carbocycles. The van der Waals surface area contributed by atoms with E-state index in [4.69, 9.17) is 0 Å². The van der Waals surface area contributed by atoms with E-state index in [1.807, 2.05) is 0 Å². The van der Waals surface area contributed by atoms with Gasteiger partial charge in [-0.25, -0.2) is 0 Å². The van der Waals surface area contributed by atoms with Crippen molar-refractivity contribution >= 4 is 0 Å². The topological polar surface area (TPSA) is 24.1 Å². The maximum atomic E-state index is 3.52. The fourth-order valence-electron chi connectivity index (χ4n) is 1.89. The van der Waals surface area contributed by atoms with Gasteiger partial charge in [0.05, 0.1) is 0 Å². The zero-order valence-corrected chi connectivity index (χ0v) is 7.96. The third kappa shape index (κ3) is 1.90. The molecule has 0 unspecified atom stereocenters. The maximum absolute atomic E-state index is 3.52. The lowest BCUT2D eigenvalue weighted by molar-refractivity contribution is 0.345. The molecule has 2 rings (SSSR count). The molecule has 2 heteroatoms. The second-order valence-electron chi connectivity index (χ2n) is 3.59. The summed E-state index contributed by atoms with van der Waals surface area (Å²) in [6.45, 7) is 4.36. The molecule has 0 amide bonds. The third-order valence-corrected chi connectivity index (χ3v) is 2.61. The number of rotatable bonds is 1. The van der Waals surface area contributed by atoms with Gasteiger partial charge in [0.25, 0.3) is 0 Å². The van der Waals surface area contributed by atoms with Crippen LogP contribution < -0.4 is 10.6 Å². The van der Waals surface area contributed by atoms with Crippen LogP contribution in [0, 0.1) is 0 Å². The number of hydrogen-bond acceptors (Lipinski definition) is 2. The number of benzene rings is 1. The standard InChI is InChI=1S/C11H16N2/c1-9-11(13-8-7-12-9)10-5-3-2-4-6-10/h2-6,9,11-13H,7-8H2,1H3/t9-,11-/m0/s1. The van der Waals surface area contributed by atoms with Crippen molar-refractivity contribution in [2.75, 3.05) is 13.1 Å². The van der Waals surface area contributed by atoms with Crippen LogP contribution in [-0.4, -0.2) is 19.1 Å². The monoisotopic (exact) mass is 176 g/mol. The summed E-state index contributed by atoms with van der Waals surface area (Å²) < 4.78 is 0. The molecule has 0 saturated carbocycles. The third-order valence-electron chi connectivity index (χ3n) is 2.61. The molecule has 13 heavy (non-hydrogen) atoms. The van der Waals surface area contributed by atoms with Crippen LogP contribution in [0.4, 0.5) is 0 Å². The van der Waals surface area contributed by atoms with Crippen molar-refractivity contribution in [3.63, 3.8) is 0 Å². The van der Waals surface area contributed by atoms with Crippen LogP contribution in [-0.2, 0) is 0 Å². The second-order valence-corrected chi connectivity index (χ2v) is 3.59. The fraction of sp³-hybridized carbons (Fsp3) is 0.455. The molecule has 0 aromatic heterocycles. The van der Waals surface area contributed by atoms with Crippen LogP contribution in [0.1, 0.15) is 18.5 Å². The summed E-state index contributed by atoms with van der Waals surface area (Å²) in [4.78, 5) is 0. The molecule has 70 valence electrons. The van der Waals surface area contributed by atoms with Gasteiger partial charge in [-0.1, -0.05) is 30.3 Å². The van der Waals surface area contributed by atoms with Crippen molar-refractivity contribution in [3.8, 4) is 0 Å². The van der Waals surface area contributed by atoms with E-state index in [1.54, 1.807) is 0 Å². The summed E-state index contributed by atoms with van der Waals surface area (Å²) in [5, 5.41) is 6.99. The van der Waals surface area contributed by atoms with Crippen molar-refractivity contribution in [3.05, 3.63) is 35.9 Å². The Balaban J connectivity index is 2.15. The molecule has 2 N–H and O–H groups in total. The highest BCUT2D eigenvalue weighted by molar-refractivity contribution is 5.20. The van der Waals surface area contributed by atoms with Crippen molar-refractivity contribution in [2.24, 2.45) is 0 Å². The molecular weight excluding hydrogens is 160 g/mol. The molecular formula is C11H16N2. The van der Waals surface area contributed by atoms with E-state index in [1.165, 1.54) is 5.56 Å². The van der Waals surface area contributed by atoms with Gasteiger partial charge in [-0.3, -0.25) is 0 Å². The van der Waals surface area contributed by atoms with Crippen molar-refractivity contribution in [2.45, 2.75) is 19.0 Å². The Morgan fingerprint density at radius 1 is 1.08 bits per heavy atom. The van der Waals surface area contributed by atoms with E-state index in [0.717, 1.165) is 13.1 Å². The van der Waals surface area contributed by atoms with Crippen LogP contribution in [0.3, 0.4) is 0 Å². The highest BCUT2D eigenvalue weighted by Crippen LogP contribution is 2.17. The smallest absolute Gasteiger partial charge is 0.0473 e. The van der Waals surface area contributed by atoms with Gasteiger partial charge in [-0.2, -0.15) is 0 Å². The first kappa shape index (κ1) is 8.73. The predicted molar refractivity (Wildman–Crippen MR) is 54.7 cm³/mol. The van der Waals surface area contributed by atoms with Gasteiger partial charge in [0, 0.05) is 25.2 Å². The van der Waals surface area contributed by atoms with E-state index in [-0.39, 0.29) is 0 Å². The minimum atomic E-state index is 0.468. The average molecular weight is 176 g/mol. The van der Waals surface area contributed by atoms with Crippen LogP contribution in [0.5, 0.6) is 0 Å². The average Bonchev–Trinajstić information content (AvgIpc) is 2.20. The Bertz CT molecular complexity index is 258. The molecule has 1 fully saturated rings. The summed E-state index contributed by atoms with van der Waals surface area (Å²) in [7, 11) is 0. The highest BCUT2D eigenvalue weighted by atomic mass is 15.1. The Morgan fingerprint density at radius 2 is 1.77 bits per heavy atom. The molecule has 1 heterocycles. The van der Waals surface area contributed by atoms with Gasteiger partial charge in [-0.15, -0.1) is 0 Å². The first-order valence-corrected chi connectivity index (χ1v) is 4.89. The zero-order valence-electron chi connectivity index (χ0n) is 7.96. The number of nitrogens with one attached hydrogen (secondary N) is 2. The predicted octanol–water partition coefficient (Wildman–Crippen LogP) is 1.31.